The average molecular weight is 266 g/mol. The van der Waals surface area contributed by atoms with Crippen molar-refractivity contribution in [1.82, 2.24) is 10.3 Å². The molecular weight excluding hydrogens is 251 g/mol. The summed E-state index contributed by atoms with van der Waals surface area (Å²) in [4.78, 5) is 4.99. The highest BCUT2D eigenvalue weighted by Gasteiger charge is 2.26. The largest absolute Gasteiger partial charge is 0.394 e. The molecule has 18 heavy (non-hydrogen) atoms. The first kappa shape index (κ1) is 13.1. The van der Waals surface area contributed by atoms with Gasteiger partial charge in [-0.1, -0.05) is 6.07 Å². The molecule has 0 saturated carbocycles. The van der Waals surface area contributed by atoms with Gasteiger partial charge in [0.2, 0.25) is 0 Å². The van der Waals surface area contributed by atoms with E-state index in [1.807, 2.05) is 24.4 Å². The van der Waals surface area contributed by atoms with Gasteiger partial charge in [-0.3, -0.25) is 4.98 Å². The zero-order chi connectivity index (χ0) is 13.0. The molecule has 3 nitrogen and oxygen atoms in total. The second-order valence-electron chi connectivity index (χ2n) is 4.31. The van der Waals surface area contributed by atoms with Crippen LogP contribution in [0.3, 0.4) is 0 Å². The molecule has 0 spiro atoms. The summed E-state index contributed by atoms with van der Waals surface area (Å²) < 4.78 is 13.2. The van der Waals surface area contributed by atoms with Gasteiger partial charge in [-0.2, -0.15) is 0 Å². The maximum absolute atomic E-state index is 13.2. The van der Waals surface area contributed by atoms with Crippen LogP contribution in [0.4, 0.5) is 4.39 Å². The van der Waals surface area contributed by atoms with E-state index in [0.717, 1.165) is 6.20 Å². The van der Waals surface area contributed by atoms with Crippen LogP contribution in [-0.2, 0) is 12.1 Å². The number of pyridine rings is 1. The van der Waals surface area contributed by atoms with Gasteiger partial charge >= 0.3 is 0 Å². The molecule has 0 fully saturated rings. The third kappa shape index (κ3) is 2.93. The first-order valence-corrected chi connectivity index (χ1v) is 6.51. The number of hydrogen-bond acceptors (Lipinski definition) is 4. The fourth-order valence-corrected chi connectivity index (χ4v) is 2.30. The summed E-state index contributed by atoms with van der Waals surface area (Å²) >= 11 is 1.64. The zero-order valence-electron chi connectivity index (χ0n) is 10.1. The highest BCUT2D eigenvalue weighted by Crippen LogP contribution is 2.21. The lowest BCUT2D eigenvalue weighted by atomic mass is 9.94. The number of halogens is 1. The molecule has 0 aliphatic carbocycles. The van der Waals surface area contributed by atoms with Crippen LogP contribution in [0.1, 0.15) is 17.4 Å². The van der Waals surface area contributed by atoms with Crippen molar-refractivity contribution in [3.05, 3.63) is 52.2 Å². The lowest BCUT2D eigenvalue weighted by molar-refractivity contribution is 0.173. The number of thiophene rings is 1. The number of aliphatic hydroxyl groups excluding tert-OH is 1. The molecule has 96 valence electrons. The molecule has 0 aromatic carbocycles. The van der Waals surface area contributed by atoms with E-state index in [-0.39, 0.29) is 6.61 Å². The summed E-state index contributed by atoms with van der Waals surface area (Å²) in [6.45, 7) is 2.34. The first-order chi connectivity index (χ1) is 8.64. The minimum atomic E-state index is -0.695. The van der Waals surface area contributed by atoms with E-state index in [1.165, 1.54) is 10.9 Å². The van der Waals surface area contributed by atoms with E-state index in [4.69, 9.17) is 0 Å². The first-order valence-electron chi connectivity index (χ1n) is 5.63. The number of aliphatic hydroxyl groups is 1. The Bertz CT molecular complexity index is 503. The second-order valence-corrected chi connectivity index (χ2v) is 5.35. The number of nitrogens with zero attached hydrogens (tertiary/aromatic N) is 1. The summed E-state index contributed by atoms with van der Waals surface area (Å²) in [6.07, 6.45) is 2.72. The Balaban J connectivity index is 2.14. The van der Waals surface area contributed by atoms with E-state index in [1.54, 1.807) is 17.5 Å². The van der Waals surface area contributed by atoms with Crippen molar-refractivity contribution in [1.29, 1.82) is 0 Å². The van der Waals surface area contributed by atoms with Crippen LogP contribution in [0.25, 0.3) is 0 Å². The Morgan fingerprint density at radius 3 is 2.94 bits per heavy atom. The molecule has 2 rings (SSSR count). The molecule has 0 saturated heterocycles. The van der Waals surface area contributed by atoms with Gasteiger partial charge in [-0.25, -0.2) is 4.39 Å². The SMILES string of the molecule is CC(CO)(NCc1cccs1)c1cncc(F)c1. The van der Waals surface area contributed by atoms with Gasteiger partial charge in [0.1, 0.15) is 5.82 Å². The van der Waals surface area contributed by atoms with Crippen molar-refractivity contribution < 1.29 is 9.50 Å². The molecule has 0 aliphatic heterocycles. The van der Waals surface area contributed by atoms with Gasteiger partial charge in [-0.15, -0.1) is 11.3 Å². The Hall–Kier alpha value is -1.30. The Labute approximate surface area is 109 Å². The van der Waals surface area contributed by atoms with Crippen LogP contribution in [0.2, 0.25) is 0 Å². The fraction of sp³-hybridized carbons (Fsp3) is 0.308. The predicted octanol–water partition coefficient (Wildman–Crippen LogP) is 2.28. The highest BCUT2D eigenvalue weighted by atomic mass is 32.1. The van der Waals surface area contributed by atoms with E-state index in [0.29, 0.717) is 12.1 Å². The molecule has 2 aromatic rings. The van der Waals surface area contributed by atoms with Gasteiger partial charge < -0.3 is 10.4 Å². The number of hydrogen-bond donors (Lipinski definition) is 2. The zero-order valence-corrected chi connectivity index (χ0v) is 10.9. The van der Waals surface area contributed by atoms with Gasteiger partial charge in [0.05, 0.1) is 18.3 Å². The van der Waals surface area contributed by atoms with Crippen molar-refractivity contribution in [2.75, 3.05) is 6.61 Å². The van der Waals surface area contributed by atoms with Crippen molar-refractivity contribution >= 4 is 11.3 Å². The maximum Gasteiger partial charge on any atom is 0.141 e. The fourth-order valence-electron chi connectivity index (χ4n) is 1.66. The molecule has 0 bridgehead atoms. The van der Waals surface area contributed by atoms with E-state index >= 15 is 0 Å². The van der Waals surface area contributed by atoms with Crippen LogP contribution in [0, 0.1) is 5.82 Å². The molecule has 2 aromatic heterocycles. The van der Waals surface area contributed by atoms with Gasteiger partial charge in [0.25, 0.3) is 0 Å². The monoisotopic (exact) mass is 266 g/mol. The lowest BCUT2D eigenvalue weighted by Crippen LogP contribution is -2.42. The van der Waals surface area contributed by atoms with Crippen LogP contribution in [-0.4, -0.2) is 16.7 Å². The van der Waals surface area contributed by atoms with E-state index in [2.05, 4.69) is 10.3 Å². The second kappa shape index (κ2) is 5.56. The predicted molar refractivity (Wildman–Crippen MR) is 69.8 cm³/mol. The molecule has 0 amide bonds. The molecule has 2 N–H and O–H groups in total. The smallest absolute Gasteiger partial charge is 0.141 e. The highest BCUT2D eigenvalue weighted by molar-refractivity contribution is 7.09. The number of rotatable bonds is 5. The average Bonchev–Trinajstić information content (AvgIpc) is 2.89. The van der Waals surface area contributed by atoms with Crippen LogP contribution in [0.5, 0.6) is 0 Å². The van der Waals surface area contributed by atoms with Crippen molar-refractivity contribution in [3.8, 4) is 0 Å². The summed E-state index contributed by atoms with van der Waals surface area (Å²) in [5, 5.41) is 14.8. The van der Waals surface area contributed by atoms with Crippen LogP contribution >= 0.6 is 11.3 Å². The molecule has 1 atom stereocenters. The lowest BCUT2D eigenvalue weighted by Gasteiger charge is -2.29. The summed E-state index contributed by atoms with van der Waals surface area (Å²) in [5.41, 5.74) is -0.0550. The summed E-state index contributed by atoms with van der Waals surface area (Å²) in [7, 11) is 0. The number of aromatic nitrogens is 1. The summed E-state index contributed by atoms with van der Waals surface area (Å²) in [6, 6.07) is 5.38. The minimum Gasteiger partial charge on any atom is -0.394 e. The van der Waals surface area contributed by atoms with Crippen molar-refractivity contribution in [2.45, 2.75) is 19.0 Å². The molecule has 2 heterocycles. The molecule has 5 heteroatoms. The molecule has 0 radical (unpaired) electrons. The topological polar surface area (TPSA) is 45.1 Å². The van der Waals surface area contributed by atoms with Gasteiger partial charge in [-0.05, 0) is 30.0 Å². The van der Waals surface area contributed by atoms with Crippen LogP contribution < -0.4 is 5.32 Å². The van der Waals surface area contributed by atoms with Crippen LogP contribution in [0.15, 0.2) is 36.0 Å². The Kier molecular flexibility index (Phi) is 4.06. The Morgan fingerprint density at radius 2 is 2.33 bits per heavy atom. The third-order valence-corrected chi connectivity index (χ3v) is 3.77. The van der Waals surface area contributed by atoms with Gasteiger partial charge in [0, 0.05) is 17.6 Å². The van der Waals surface area contributed by atoms with Gasteiger partial charge in [0.15, 0.2) is 0 Å². The molecule has 0 aliphatic rings. The molecule has 1 unspecified atom stereocenters. The summed E-state index contributed by atoms with van der Waals surface area (Å²) in [5.74, 6) is -0.398. The van der Waals surface area contributed by atoms with Crippen molar-refractivity contribution in [3.63, 3.8) is 0 Å². The quantitative estimate of drug-likeness (QED) is 0.872. The van der Waals surface area contributed by atoms with E-state index < -0.39 is 11.4 Å². The third-order valence-electron chi connectivity index (χ3n) is 2.89. The normalized spacial score (nSPS) is 14.4. The number of nitrogens with one attached hydrogen (secondary N) is 1. The maximum atomic E-state index is 13.2. The minimum absolute atomic E-state index is 0.122. The standard InChI is InChI=1S/C13H15FN2OS/c1-13(9-17,10-5-11(14)7-15-6-10)16-8-12-3-2-4-18-12/h2-7,16-17H,8-9H2,1H3. The van der Waals surface area contributed by atoms with Crippen molar-refractivity contribution in [2.24, 2.45) is 0 Å². The Morgan fingerprint density at radius 1 is 1.50 bits per heavy atom. The van der Waals surface area contributed by atoms with E-state index in [9.17, 15) is 9.50 Å². The molecular formula is C13H15FN2OS.